The normalized spacial score (nSPS) is 19.3. The average molecular weight is 281 g/mol. The van der Waals surface area contributed by atoms with Gasteiger partial charge in [-0.05, 0) is 28.8 Å². The van der Waals surface area contributed by atoms with Crippen molar-refractivity contribution in [3.05, 3.63) is 21.9 Å². The molecule has 2 amide bonds. The van der Waals surface area contributed by atoms with E-state index in [1.54, 1.807) is 0 Å². The van der Waals surface area contributed by atoms with E-state index in [2.05, 4.69) is 19.3 Å². The van der Waals surface area contributed by atoms with Crippen LogP contribution in [0.4, 0.5) is 0 Å². The molecule has 0 spiro atoms. The Balaban J connectivity index is 2.08. The molecule has 5 nitrogen and oxygen atoms in total. The Bertz CT molecular complexity index is 484. The minimum Gasteiger partial charge on any atom is -0.338 e. The number of hydrogen-bond acceptors (Lipinski definition) is 4. The third-order valence-corrected chi connectivity index (χ3v) is 4.59. The number of amides is 2. The van der Waals surface area contributed by atoms with Crippen molar-refractivity contribution in [3.8, 4) is 0 Å². The lowest BCUT2D eigenvalue weighted by atomic mass is 9.95. The molecule has 0 aromatic carbocycles. The van der Waals surface area contributed by atoms with Crippen molar-refractivity contribution in [1.82, 2.24) is 10.3 Å². The molecule has 2 rings (SSSR count). The van der Waals surface area contributed by atoms with Crippen LogP contribution < -0.4 is 11.3 Å². The van der Waals surface area contributed by atoms with Crippen LogP contribution in [0.2, 0.25) is 0 Å². The maximum Gasteiger partial charge on any atom is 0.275 e. The minimum absolute atomic E-state index is 0.170. The van der Waals surface area contributed by atoms with E-state index in [4.69, 9.17) is 5.84 Å². The lowest BCUT2D eigenvalue weighted by molar-refractivity contribution is -0.128. The van der Waals surface area contributed by atoms with Crippen LogP contribution >= 0.6 is 11.3 Å². The fourth-order valence-corrected chi connectivity index (χ4v) is 3.15. The Hall–Kier alpha value is -1.40. The molecule has 1 aromatic heterocycles. The lowest BCUT2D eigenvalue weighted by Crippen LogP contribution is -2.31. The highest BCUT2D eigenvalue weighted by atomic mass is 32.1. The van der Waals surface area contributed by atoms with Gasteiger partial charge in [0.05, 0.1) is 4.88 Å². The van der Waals surface area contributed by atoms with Crippen LogP contribution in [-0.4, -0.2) is 23.3 Å². The van der Waals surface area contributed by atoms with E-state index in [1.807, 2.05) is 16.3 Å². The maximum atomic E-state index is 12.0. The fourth-order valence-electron chi connectivity index (χ4n) is 2.33. The van der Waals surface area contributed by atoms with Crippen LogP contribution in [0.25, 0.3) is 0 Å². The van der Waals surface area contributed by atoms with E-state index in [0.717, 1.165) is 12.1 Å². The number of carbonyl (C=O) groups is 2. The standard InChI is InChI=1S/C13H19N3O2S/c1-8(2)10-5-11(17)16(7-10)6-9-3-4-19-12(9)13(18)15-14/h3-4,8,10H,5-7,14H2,1-2H3,(H,15,18). The summed E-state index contributed by atoms with van der Waals surface area (Å²) in [6, 6.07) is 1.88. The van der Waals surface area contributed by atoms with Gasteiger partial charge in [0.15, 0.2) is 0 Å². The van der Waals surface area contributed by atoms with E-state index in [1.165, 1.54) is 11.3 Å². The van der Waals surface area contributed by atoms with Gasteiger partial charge in [-0.2, -0.15) is 0 Å². The number of rotatable bonds is 4. The number of likely N-dealkylation sites (tertiary alicyclic amines) is 1. The van der Waals surface area contributed by atoms with Gasteiger partial charge < -0.3 is 4.90 Å². The minimum atomic E-state index is -0.294. The van der Waals surface area contributed by atoms with Crippen molar-refractivity contribution in [2.24, 2.45) is 17.7 Å². The SMILES string of the molecule is CC(C)C1CC(=O)N(Cc2ccsc2C(=O)NN)C1. The zero-order valence-corrected chi connectivity index (χ0v) is 12.0. The molecule has 1 saturated heterocycles. The Kier molecular flexibility index (Phi) is 4.21. The summed E-state index contributed by atoms with van der Waals surface area (Å²) in [6.07, 6.45) is 0.611. The summed E-state index contributed by atoms with van der Waals surface area (Å²) < 4.78 is 0. The zero-order valence-electron chi connectivity index (χ0n) is 11.2. The summed E-state index contributed by atoms with van der Waals surface area (Å²) in [7, 11) is 0. The van der Waals surface area contributed by atoms with Crippen molar-refractivity contribution in [1.29, 1.82) is 0 Å². The van der Waals surface area contributed by atoms with E-state index >= 15 is 0 Å². The summed E-state index contributed by atoms with van der Waals surface area (Å²) in [5.41, 5.74) is 3.01. The molecule has 2 heterocycles. The molecule has 1 unspecified atom stereocenters. The first kappa shape index (κ1) is 14.0. The highest BCUT2D eigenvalue weighted by Gasteiger charge is 2.31. The number of carbonyl (C=O) groups excluding carboxylic acids is 2. The van der Waals surface area contributed by atoms with Gasteiger partial charge in [-0.1, -0.05) is 13.8 Å². The first-order valence-corrected chi connectivity index (χ1v) is 7.26. The molecule has 104 valence electrons. The van der Waals surface area contributed by atoms with Crippen LogP contribution in [0, 0.1) is 11.8 Å². The summed E-state index contributed by atoms with van der Waals surface area (Å²) in [6.45, 7) is 5.54. The second-order valence-corrected chi connectivity index (χ2v) is 6.15. The molecule has 0 aliphatic carbocycles. The number of nitrogens with zero attached hydrogens (tertiary/aromatic N) is 1. The van der Waals surface area contributed by atoms with Crippen LogP contribution in [0.1, 0.15) is 35.5 Å². The second-order valence-electron chi connectivity index (χ2n) is 5.23. The summed E-state index contributed by atoms with van der Waals surface area (Å²) in [4.78, 5) is 26.0. The summed E-state index contributed by atoms with van der Waals surface area (Å²) in [5.74, 6) is 5.95. The molecule has 6 heteroatoms. The molecule has 1 aromatic rings. The van der Waals surface area contributed by atoms with Gasteiger partial charge in [0.25, 0.3) is 5.91 Å². The van der Waals surface area contributed by atoms with Gasteiger partial charge in [0.1, 0.15) is 0 Å². The molecule has 0 bridgehead atoms. The van der Waals surface area contributed by atoms with E-state index < -0.39 is 0 Å². The van der Waals surface area contributed by atoms with Crippen LogP contribution in [0.5, 0.6) is 0 Å². The fraction of sp³-hybridized carbons (Fsp3) is 0.538. The van der Waals surface area contributed by atoms with Crippen molar-refractivity contribution in [2.45, 2.75) is 26.8 Å². The topological polar surface area (TPSA) is 75.4 Å². The predicted molar refractivity (Wildman–Crippen MR) is 74.3 cm³/mol. The highest BCUT2D eigenvalue weighted by Crippen LogP contribution is 2.27. The summed E-state index contributed by atoms with van der Waals surface area (Å²) >= 11 is 1.34. The molecular weight excluding hydrogens is 262 g/mol. The number of nitrogen functional groups attached to an aromatic ring is 1. The third kappa shape index (κ3) is 2.96. The number of thiophene rings is 1. The highest BCUT2D eigenvalue weighted by molar-refractivity contribution is 7.12. The smallest absolute Gasteiger partial charge is 0.275 e. The Labute approximate surface area is 116 Å². The van der Waals surface area contributed by atoms with Gasteiger partial charge in [0.2, 0.25) is 5.91 Å². The number of nitrogens with two attached hydrogens (primary N) is 1. The zero-order chi connectivity index (χ0) is 14.0. The molecule has 3 N–H and O–H groups in total. The largest absolute Gasteiger partial charge is 0.338 e. The van der Waals surface area contributed by atoms with Crippen LogP contribution in [-0.2, 0) is 11.3 Å². The molecule has 0 saturated carbocycles. The van der Waals surface area contributed by atoms with Crippen LogP contribution in [0.3, 0.4) is 0 Å². The maximum absolute atomic E-state index is 12.0. The first-order valence-electron chi connectivity index (χ1n) is 6.38. The second kappa shape index (κ2) is 5.71. The lowest BCUT2D eigenvalue weighted by Gasteiger charge is -2.18. The van der Waals surface area contributed by atoms with Crippen molar-refractivity contribution >= 4 is 23.2 Å². The molecule has 1 fully saturated rings. The molecule has 1 atom stereocenters. The number of hydrazine groups is 1. The molecule has 19 heavy (non-hydrogen) atoms. The molecule has 0 radical (unpaired) electrons. The average Bonchev–Trinajstić information content (AvgIpc) is 2.97. The van der Waals surface area contributed by atoms with Gasteiger partial charge >= 0.3 is 0 Å². The van der Waals surface area contributed by atoms with Gasteiger partial charge in [-0.25, -0.2) is 5.84 Å². The number of hydrogen-bond donors (Lipinski definition) is 2. The molecule has 1 aliphatic heterocycles. The quantitative estimate of drug-likeness (QED) is 0.497. The van der Waals surface area contributed by atoms with Gasteiger partial charge in [0, 0.05) is 19.5 Å². The molecular formula is C13H19N3O2S. The van der Waals surface area contributed by atoms with Gasteiger partial charge in [-0.15, -0.1) is 11.3 Å². The van der Waals surface area contributed by atoms with E-state index in [-0.39, 0.29) is 11.8 Å². The number of nitrogens with one attached hydrogen (secondary N) is 1. The van der Waals surface area contributed by atoms with Crippen molar-refractivity contribution in [2.75, 3.05) is 6.54 Å². The van der Waals surface area contributed by atoms with Gasteiger partial charge in [-0.3, -0.25) is 15.0 Å². The van der Waals surface area contributed by atoms with Crippen molar-refractivity contribution in [3.63, 3.8) is 0 Å². The van der Waals surface area contributed by atoms with E-state index in [0.29, 0.717) is 29.7 Å². The first-order chi connectivity index (χ1) is 9.02. The van der Waals surface area contributed by atoms with E-state index in [9.17, 15) is 9.59 Å². The Morgan fingerprint density at radius 2 is 2.37 bits per heavy atom. The Morgan fingerprint density at radius 1 is 1.63 bits per heavy atom. The molecule has 1 aliphatic rings. The van der Waals surface area contributed by atoms with Crippen LogP contribution in [0.15, 0.2) is 11.4 Å². The summed E-state index contributed by atoms with van der Waals surface area (Å²) in [5, 5.41) is 1.85. The Morgan fingerprint density at radius 3 is 2.95 bits per heavy atom. The third-order valence-electron chi connectivity index (χ3n) is 3.63. The predicted octanol–water partition coefficient (Wildman–Crippen LogP) is 1.36. The monoisotopic (exact) mass is 281 g/mol. The van der Waals surface area contributed by atoms with Crippen molar-refractivity contribution < 1.29 is 9.59 Å².